The molecular weight excluding hydrogens is 480 g/mol. The summed E-state index contributed by atoms with van der Waals surface area (Å²) in [4.78, 5) is 38.3. The highest BCUT2D eigenvalue weighted by Crippen LogP contribution is 2.32. The van der Waals surface area contributed by atoms with E-state index < -0.39 is 11.7 Å². The van der Waals surface area contributed by atoms with Crippen LogP contribution >= 0.6 is 0 Å². The summed E-state index contributed by atoms with van der Waals surface area (Å²) in [6, 6.07) is 12.0. The molecule has 1 N–H and O–H groups in total. The van der Waals surface area contributed by atoms with Crippen molar-refractivity contribution >= 4 is 17.8 Å². The van der Waals surface area contributed by atoms with Crippen molar-refractivity contribution in [2.75, 3.05) is 31.5 Å². The van der Waals surface area contributed by atoms with E-state index in [1.165, 1.54) is 0 Å². The standard InChI is InChI=1S/C29H38N6O3/c1-29(2,3)38-28(37)33-26-18-21(7-13-32-26)20-34-14-8-23(9-15-34)27(36)35-16-10-22(11-17-35)24(19-30)25-6-4-5-12-31-25/h4-7,12-13,18,22-24H,8-11,14-17,20H2,1-3H3,(H,32,33,37). The third-order valence-corrected chi connectivity index (χ3v) is 7.26. The minimum atomic E-state index is -0.571. The van der Waals surface area contributed by atoms with Crippen LogP contribution in [0.5, 0.6) is 0 Å². The molecule has 4 rings (SSSR count). The van der Waals surface area contributed by atoms with Crippen LogP contribution in [0.3, 0.4) is 0 Å². The molecule has 38 heavy (non-hydrogen) atoms. The molecule has 1 unspecified atom stereocenters. The first-order valence-electron chi connectivity index (χ1n) is 13.5. The maximum Gasteiger partial charge on any atom is 0.413 e. The fourth-order valence-corrected chi connectivity index (χ4v) is 5.33. The predicted octanol–water partition coefficient (Wildman–Crippen LogP) is 4.58. The number of carbonyl (C=O) groups is 2. The lowest BCUT2D eigenvalue weighted by atomic mass is 9.82. The van der Waals surface area contributed by atoms with Gasteiger partial charge < -0.3 is 9.64 Å². The number of anilines is 1. The number of pyridine rings is 2. The van der Waals surface area contributed by atoms with Crippen LogP contribution in [0.1, 0.15) is 63.6 Å². The Balaban J connectivity index is 1.23. The molecule has 2 saturated heterocycles. The Kier molecular flexibility index (Phi) is 8.95. The van der Waals surface area contributed by atoms with Crippen LogP contribution in [-0.2, 0) is 16.1 Å². The summed E-state index contributed by atoms with van der Waals surface area (Å²) in [6.07, 6.45) is 6.24. The van der Waals surface area contributed by atoms with Gasteiger partial charge in [0.15, 0.2) is 0 Å². The average molecular weight is 519 g/mol. The normalized spacial score (nSPS) is 18.4. The molecule has 1 atom stereocenters. The zero-order valence-electron chi connectivity index (χ0n) is 22.6. The van der Waals surface area contributed by atoms with Gasteiger partial charge >= 0.3 is 6.09 Å². The number of piperidine rings is 2. The highest BCUT2D eigenvalue weighted by atomic mass is 16.6. The smallest absolute Gasteiger partial charge is 0.413 e. The van der Waals surface area contributed by atoms with E-state index in [2.05, 4.69) is 26.3 Å². The van der Waals surface area contributed by atoms with Crippen LogP contribution in [0.25, 0.3) is 0 Å². The van der Waals surface area contributed by atoms with Crippen molar-refractivity contribution in [3.05, 3.63) is 54.0 Å². The first kappa shape index (κ1) is 27.5. The number of nitrogens with zero attached hydrogens (tertiary/aromatic N) is 5. The second kappa shape index (κ2) is 12.4. The highest BCUT2D eigenvalue weighted by molar-refractivity contribution is 5.83. The topological polar surface area (TPSA) is 111 Å². The van der Waals surface area contributed by atoms with E-state index >= 15 is 0 Å². The molecule has 2 amide bonds. The Bertz CT molecular complexity index is 1130. The van der Waals surface area contributed by atoms with Crippen molar-refractivity contribution in [1.82, 2.24) is 19.8 Å². The second-order valence-electron chi connectivity index (χ2n) is 11.3. The molecule has 202 valence electrons. The third-order valence-electron chi connectivity index (χ3n) is 7.26. The molecule has 2 aliphatic heterocycles. The summed E-state index contributed by atoms with van der Waals surface area (Å²) < 4.78 is 5.31. The van der Waals surface area contributed by atoms with Crippen LogP contribution in [-0.4, -0.2) is 63.5 Å². The Morgan fingerprint density at radius 3 is 2.45 bits per heavy atom. The lowest BCUT2D eigenvalue weighted by Crippen LogP contribution is -2.45. The number of rotatable bonds is 6. The van der Waals surface area contributed by atoms with Gasteiger partial charge in [-0.15, -0.1) is 0 Å². The molecule has 0 aliphatic carbocycles. The van der Waals surface area contributed by atoms with Gasteiger partial charge in [0.25, 0.3) is 0 Å². The number of amides is 2. The lowest BCUT2D eigenvalue weighted by Gasteiger charge is -2.38. The van der Waals surface area contributed by atoms with Crippen molar-refractivity contribution in [2.24, 2.45) is 11.8 Å². The van der Waals surface area contributed by atoms with E-state index in [-0.39, 0.29) is 23.7 Å². The van der Waals surface area contributed by atoms with E-state index in [0.717, 1.165) is 56.6 Å². The molecule has 0 saturated carbocycles. The Labute approximate surface area is 225 Å². The summed E-state index contributed by atoms with van der Waals surface area (Å²) >= 11 is 0. The summed E-state index contributed by atoms with van der Waals surface area (Å²) in [6.45, 7) is 9.31. The van der Waals surface area contributed by atoms with Gasteiger partial charge in [0.2, 0.25) is 5.91 Å². The molecule has 4 heterocycles. The number of hydrogen-bond acceptors (Lipinski definition) is 7. The number of nitrogens with one attached hydrogen (secondary N) is 1. The Morgan fingerprint density at radius 1 is 1.08 bits per heavy atom. The fraction of sp³-hybridized carbons (Fsp3) is 0.552. The van der Waals surface area contributed by atoms with Gasteiger partial charge in [0.1, 0.15) is 11.4 Å². The van der Waals surface area contributed by atoms with Gasteiger partial charge in [-0.2, -0.15) is 5.26 Å². The van der Waals surface area contributed by atoms with Gasteiger partial charge in [-0.1, -0.05) is 6.07 Å². The minimum absolute atomic E-state index is 0.0483. The zero-order chi connectivity index (χ0) is 27.1. The third kappa shape index (κ3) is 7.51. The van der Waals surface area contributed by atoms with Gasteiger partial charge in [-0.25, -0.2) is 9.78 Å². The monoisotopic (exact) mass is 518 g/mol. The predicted molar refractivity (Wildman–Crippen MR) is 144 cm³/mol. The molecule has 2 fully saturated rings. The van der Waals surface area contributed by atoms with Crippen molar-refractivity contribution in [1.29, 1.82) is 5.26 Å². The summed E-state index contributed by atoms with van der Waals surface area (Å²) in [5.74, 6) is 0.780. The van der Waals surface area contributed by atoms with Crippen LogP contribution in [0.15, 0.2) is 42.7 Å². The maximum absolute atomic E-state index is 13.3. The lowest BCUT2D eigenvalue weighted by molar-refractivity contribution is -0.138. The zero-order valence-corrected chi connectivity index (χ0v) is 22.6. The Hall–Kier alpha value is -3.51. The first-order chi connectivity index (χ1) is 18.2. The fourth-order valence-electron chi connectivity index (χ4n) is 5.33. The van der Waals surface area contributed by atoms with E-state index in [4.69, 9.17) is 4.74 Å². The molecule has 9 heteroatoms. The van der Waals surface area contributed by atoms with Gasteiger partial charge in [-0.05, 0) is 95.3 Å². The summed E-state index contributed by atoms with van der Waals surface area (Å²) in [7, 11) is 0. The number of hydrogen-bond donors (Lipinski definition) is 1. The van der Waals surface area contributed by atoms with E-state index in [0.29, 0.717) is 18.9 Å². The van der Waals surface area contributed by atoms with Crippen molar-refractivity contribution in [3.8, 4) is 6.07 Å². The van der Waals surface area contributed by atoms with Crippen LogP contribution < -0.4 is 5.32 Å². The minimum Gasteiger partial charge on any atom is -0.444 e. The molecular formula is C29H38N6O3. The molecule has 2 aromatic rings. The largest absolute Gasteiger partial charge is 0.444 e. The van der Waals surface area contributed by atoms with Gasteiger partial charge in [-0.3, -0.25) is 20.0 Å². The molecule has 0 aromatic carbocycles. The molecule has 2 aliphatic rings. The summed E-state index contributed by atoms with van der Waals surface area (Å²) in [5.41, 5.74) is 1.31. The second-order valence-corrected chi connectivity index (χ2v) is 11.3. The van der Waals surface area contributed by atoms with E-state index in [9.17, 15) is 14.9 Å². The number of likely N-dealkylation sites (tertiary alicyclic amines) is 2. The highest BCUT2D eigenvalue weighted by Gasteiger charge is 2.34. The van der Waals surface area contributed by atoms with E-state index in [1.807, 2.05) is 56.0 Å². The molecule has 9 nitrogen and oxygen atoms in total. The van der Waals surface area contributed by atoms with Crippen molar-refractivity contribution < 1.29 is 14.3 Å². The van der Waals surface area contributed by atoms with Crippen LogP contribution in [0, 0.1) is 23.2 Å². The molecule has 0 bridgehead atoms. The van der Waals surface area contributed by atoms with E-state index in [1.54, 1.807) is 12.4 Å². The quantitative estimate of drug-likeness (QED) is 0.596. The van der Waals surface area contributed by atoms with Gasteiger partial charge in [0, 0.05) is 37.9 Å². The van der Waals surface area contributed by atoms with Crippen molar-refractivity contribution in [3.63, 3.8) is 0 Å². The Morgan fingerprint density at radius 2 is 1.82 bits per heavy atom. The maximum atomic E-state index is 13.3. The van der Waals surface area contributed by atoms with Crippen LogP contribution in [0.4, 0.5) is 10.6 Å². The number of nitriles is 1. The van der Waals surface area contributed by atoms with Gasteiger partial charge in [0.05, 0.1) is 17.7 Å². The molecule has 0 spiro atoms. The summed E-state index contributed by atoms with van der Waals surface area (Å²) in [5, 5.41) is 12.4. The number of aromatic nitrogens is 2. The van der Waals surface area contributed by atoms with Crippen LogP contribution in [0.2, 0.25) is 0 Å². The molecule has 2 aromatic heterocycles. The number of carbonyl (C=O) groups excluding carboxylic acids is 2. The SMILES string of the molecule is CC(C)(C)OC(=O)Nc1cc(CN2CCC(C(=O)N3CCC(C(C#N)c4ccccn4)CC3)CC2)ccn1. The average Bonchev–Trinajstić information content (AvgIpc) is 2.89. The van der Waals surface area contributed by atoms with Crippen molar-refractivity contribution in [2.45, 2.75) is 64.5 Å². The number of ether oxygens (including phenoxy) is 1. The molecule has 0 radical (unpaired) electrons. The first-order valence-corrected chi connectivity index (χ1v) is 13.5.